The van der Waals surface area contributed by atoms with Crippen LogP contribution in [0.15, 0.2) is 85.5 Å². The molecule has 6 aromatic rings. The zero-order chi connectivity index (χ0) is 27.5. The molecule has 4 aromatic heterocycles. The summed E-state index contributed by atoms with van der Waals surface area (Å²) in [6.45, 7) is 2.68. The summed E-state index contributed by atoms with van der Waals surface area (Å²) in [5.41, 5.74) is 13.3. The molecule has 0 bridgehead atoms. The van der Waals surface area contributed by atoms with Crippen LogP contribution in [0.2, 0.25) is 0 Å². The first-order chi connectivity index (χ1) is 19.6. The van der Waals surface area contributed by atoms with Crippen LogP contribution in [0.4, 0.5) is 5.82 Å². The second-order valence-corrected chi connectivity index (χ2v) is 9.48. The molecule has 0 fully saturated rings. The number of hydrogen-bond donors (Lipinski definition) is 2. The van der Waals surface area contributed by atoms with Gasteiger partial charge in [0.1, 0.15) is 0 Å². The van der Waals surface area contributed by atoms with E-state index in [2.05, 4.69) is 57.5 Å². The number of aromatic nitrogens is 6. The monoisotopic (exact) mass is 528 g/mol. The number of nitrogens with zero attached hydrogens (tertiary/aromatic N) is 6. The zero-order valence-electron chi connectivity index (χ0n) is 22.2. The lowest BCUT2D eigenvalue weighted by atomic mass is 9.96. The number of pyridine rings is 1. The maximum Gasteiger partial charge on any atom is 0.162 e. The average Bonchev–Trinajstić information content (AvgIpc) is 3.55. The highest BCUT2D eigenvalue weighted by Gasteiger charge is 2.17. The fourth-order valence-corrected chi connectivity index (χ4v) is 4.65. The summed E-state index contributed by atoms with van der Waals surface area (Å²) in [6.07, 6.45) is 7.20. The smallest absolute Gasteiger partial charge is 0.162 e. The molecule has 0 amide bonds. The first-order valence-electron chi connectivity index (χ1n) is 13.0. The average molecular weight is 529 g/mol. The fourth-order valence-electron chi connectivity index (χ4n) is 4.65. The van der Waals surface area contributed by atoms with Crippen molar-refractivity contribution in [1.82, 2.24) is 34.7 Å². The van der Waals surface area contributed by atoms with Crippen molar-refractivity contribution in [1.29, 1.82) is 0 Å². The molecule has 0 aliphatic carbocycles. The van der Waals surface area contributed by atoms with E-state index in [0.717, 1.165) is 44.4 Å². The van der Waals surface area contributed by atoms with Gasteiger partial charge in [-0.05, 0) is 36.8 Å². The Morgan fingerprint density at radius 3 is 2.77 bits per heavy atom. The number of hydrogen-bond acceptors (Lipinski definition) is 7. The highest BCUT2D eigenvalue weighted by atomic mass is 16.5. The van der Waals surface area contributed by atoms with E-state index in [0.29, 0.717) is 24.8 Å². The normalized spacial score (nSPS) is 11.9. The molecule has 1 atom stereocenters. The highest BCUT2D eigenvalue weighted by molar-refractivity contribution is 5.90. The molecular formula is C31H28N8O. The fraction of sp³-hybridized carbons (Fsp3) is 0.161. The van der Waals surface area contributed by atoms with Gasteiger partial charge in [-0.1, -0.05) is 48.2 Å². The van der Waals surface area contributed by atoms with Crippen molar-refractivity contribution in [2.75, 3.05) is 12.5 Å². The molecule has 9 nitrogen and oxygen atoms in total. The van der Waals surface area contributed by atoms with Crippen molar-refractivity contribution in [3.63, 3.8) is 0 Å². The highest BCUT2D eigenvalue weighted by Crippen LogP contribution is 2.31. The van der Waals surface area contributed by atoms with Gasteiger partial charge in [0.05, 0.1) is 41.9 Å². The van der Waals surface area contributed by atoms with Gasteiger partial charge in [-0.15, -0.1) is 5.10 Å². The Balaban J connectivity index is 1.27. The van der Waals surface area contributed by atoms with E-state index in [9.17, 15) is 0 Å². The van der Waals surface area contributed by atoms with Gasteiger partial charge in [0.15, 0.2) is 11.5 Å². The van der Waals surface area contributed by atoms with Gasteiger partial charge >= 0.3 is 0 Å². The molecule has 0 aliphatic rings. The molecule has 0 radical (unpaired) electrons. The number of rotatable bonds is 7. The summed E-state index contributed by atoms with van der Waals surface area (Å²) < 4.78 is 9.35. The van der Waals surface area contributed by atoms with E-state index >= 15 is 0 Å². The molecule has 0 saturated heterocycles. The van der Waals surface area contributed by atoms with Crippen LogP contribution < -0.4 is 11.1 Å². The molecule has 4 heterocycles. The third-order valence-electron chi connectivity index (χ3n) is 6.69. The van der Waals surface area contributed by atoms with Crippen LogP contribution in [0.5, 0.6) is 0 Å². The molecule has 3 N–H and O–H groups in total. The first-order valence-corrected chi connectivity index (χ1v) is 13.0. The molecule has 40 heavy (non-hydrogen) atoms. The van der Waals surface area contributed by atoms with Crippen LogP contribution in [-0.2, 0) is 18.4 Å². The van der Waals surface area contributed by atoms with Crippen LogP contribution in [0.25, 0.3) is 27.7 Å². The van der Waals surface area contributed by atoms with Gasteiger partial charge in [0.25, 0.3) is 0 Å². The van der Waals surface area contributed by atoms with Gasteiger partial charge in [0.2, 0.25) is 0 Å². The number of nitrogens with one attached hydrogen (secondary N) is 1. The molecule has 1 unspecified atom stereocenters. The summed E-state index contributed by atoms with van der Waals surface area (Å²) in [5, 5.41) is 13.0. The summed E-state index contributed by atoms with van der Waals surface area (Å²) in [7, 11) is 1.88. The Hall–Kier alpha value is -5.04. The molecule has 0 aliphatic heterocycles. The standard InChI is InChI=1S/C31H28N8O/c1-21(34-20-40-19-27-30(32)37-39-15-7-14-33-31(27)39)29-26(23-8-4-3-5-9-23)16-25-24(10-6-11-28(25)36-29)13-12-22-17-35-38(2)18-22/h3-11,14-18,21,34H,19-20H2,1-2H3,(H2,32,37). The van der Waals surface area contributed by atoms with E-state index in [1.165, 1.54) is 0 Å². The molecule has 6 rings (SSSR count). The minimum absolute atomic E-state index is 0.0934. The number of nitrogens with two attached hydrogens (primary N) is 1. The first kappa shape index (κ1) is 25.2. The van der Waals surface area contributed by atoms with Crippen LogP contribution in [0, 0.1) is 11.8 Å². The number of anilines is 1. The number of ether oxygens (including phenoxy) is 1. The van der Waals surface area contributed by atoms with Crippen molar-refractivity contribution in [2.24, 2.45) is 7.05 Å². The van der Waals surface area contributed by atoms with Gasteiger partial charge in [-0.25, -0.2) is 9.50 Å². The minimum atomic E-state index is -0.0934. The Kier molecular flexibility index (Phi) is 6.93. The second-order valence-electron chi connectivity index (χ2n) is 9.48. The summed E-state index contributed by atoms with van der Waals surface area (Å²) in [5.74, 6) is 6.95. The van der Waals surface area contributed by atoms with Crippen LogP contribution in [0.3, 0.4) is 0 Å². The maximum atomic E-state index is 6.10. The number of benzene rings is 2. The molecule has 0 spiro atoms. The van der Waals surface area contributed by atoms with E-state index in [1.807, 2.05) is 61.9 Å². The Morgan fingerprint density at radius 1 is 1.07 bits per heavy atom. The lowest BCUT2D eigenvalue weighted by Crippen LogP contribution is -2.23. The Labute approximate surface area is 231 Å². The topological polar surface area (TPSA) is 108 Å². The van der Waals surface area contributed by atoms with Gasteiger partial charge in [-0.3, -0.25) is 15.0 Å². The zero-order valence-corrected chi connectivity index (χ0v) is 22.2. The SMILES string of the molecule is CC(NCOCc1c(N)nn2cccnc12)c1nc2cccc(C#Cc3cnn(C)c3)c2cc1-c1ccccc1. The largest absolute Gasteiger partial charge is 0.382 e. The maximum absolute atomic E-state index is 6.10. The number of aryl methyl sites for hydroxylation is 1. The quantitative estimate of drug-likeness (QED) is 0.179. The molecule has 0 saturated carbocycles. The lowest BCUT2D eigenvalue weighted by molar-refractivity contribution is 0.0974. The van der Waals surface area contributed by atoms with Gasteiger partial charge in [-0.2, -0.15) is 5.10 Å². The van der Waals surface area contributed by atoms with Gasteiger partial charge in [0, 0.05) is 48.2 Å². The minimum Gasteiger partial charge on any atom is -0.382 e. The van der Waals surface area contributed by atoms with E-state index < -0.39 is 0 Å². The van der Waals surface area contributed by atoms with Crippen molar-refractivity contribution in [3.8, 4) is 23.0 Å². The number of nitrogen functional groups attached to an aromatic ring is 1. The van der Waals surface area contributed by atoms with Crippen LogP contribution in [-0.4, -0.2) is 36.1 Å². The lowest BCUT2D eigenvalue weighted by Gasteiger charge is -2.19. The number of fused-ring (bicyclic) bond motifs is 2. The van der Waals surface area contributed by atoms with E-state index in [4.69, 9.17) is 15.5 Å². The molecule has 9 heteroatoms. The second kappa shape index (κ2) is 11.0. The Morgan fingerprint density at radius 2 is 1.95 bits per heavy atom. The third-order valence-corrected chi connectivity index (χ3v) is 6.69. The predicted octanol–water partition coefficient (Wildman–Crippen LogP) is 4.48. The van der Waals surface area contributed by atoms with E-state index in [-0.39, 0.29) is 6.04 Å². The molecular weight excluding hydrogens is 500 g/mol. The Bertz CT molecular complexity index is 1860. The van der Waals surface area contributed by atoms with Crippen molar-refractivity contribution < 1.29 is 4.74 Å². The molecule has 198 valence electrons. The summed E-state index contributed by atoms with van der Waals surface area (Å²) in [6, 6.07) is 20.2. The van der Waals surface area contributed by atoms with Crippen molar-refractivity contribution in [3.05, 3.63) is 108 Å². The predicted molar refractivity (Wildman–Crippen MR) is 155 cm³/mol. The third kappa shape index (κ3) is 5.14. The van der Waals surface area contributed by atoms with Crippen LogP contribution in [0.1, 0.15) is 35.3 Å². The van der Waals surface area contributed by atoms with Crippen molar-refractivity contribution >= 4 is 22.4 Å². The van der Waals surface area contributed by atoms with Gasteiger partial charge < -0.3 is 10.5 Å². The summed E-state index contributed by atoms with van der Waals surface area (Å²) >= 11 is 0. The van der Waals surface area contributed by atoms with Crippen LogP contribution >= 0.6 is 0 Å². The van der Waals surface area contributed by atoms with E-state index in [1.54, 1.807) is 21.6 Å². The van der Waals surface area contributed by atoms with Crippen molar-refractivity contribution in [2.45, 2.75) is 19.6 Å². The molecule has 2 aromatic carbocycles. The summed E-state index contributed by atoms with van der Waals surface area (Å²) in [4.78, 5) is 9.48.